The Kier molecular flexibility index (Phi) is 4.17. The Balaban J connectivity index is 2.57. The average Bonchev–Trinajstić information content (AvgIpc) is 2.26. The molecule has 1 aliphatic carbocycles. The van der Waals surface area contributed by atoms with Crippen LogP contribution in [0.1, 0.15) is 46.5 Å². The van der Waals surface area contributed by atoms with Crippen LogP contribution >= 0.6 is 0 Å². The van der Waals surface area contributed by atoms with Gasteiger partial charge >= 0.3 is 5.97 Å². The highest BCUT2D eigenvalue weighted by atomic mass is 16.4. The second-order valence-corrected chi connectivity index (χ2v) is 5.90. The van der Waals surface area contributed by atoms with Gasteiger partial charge in [-0.15, -0.1) is 0 Å². The lowest BCUT2D eigenvalue weighted by molar-refractivity contribution is -0.151. The summed E-state index contributed by atoms with van der Waals surface area (Å²) in [4.78, 5) is 24.3. The molecule has 0 radical (unpaired) electrons. The molecule has 0 saturated heterocycles. The van der Waals surface area contributed by atoms with Gasteiger partial charge in [0.2, 0.25) is 5.91 Å². The lowest BCUT2D eigenvalue weighted by atomic mass is 9.75. The molecule has 1 saturated carbocycles. The molecule has 1 unspecified atom stereocenters. The summed E-state index contributed by atoms with van der Waals surface area (Å²) in [5.74, 6) is -2.25. The fraction of sp³-hybridized carbons (Fsp3) is 0.846. The van der Waals surface area contributed by atoms with Gasteiger partial charge in [0, 0.05) is 13.1 Å². The van der Waals surface area contributed by atoms with Gasteiger partial charge in [-0.3, -0.25) is 9.59 Å². The third-order valence-electron chi connectivity index (χ3n) is 3.94. The summed E-state index contributed by atoms with van der Waals surface area (Å²) in [7, 11) is 1.73. The predicted molar refractivity (Wildman–Crippen MR) is 65.6 cm³/mol. The average molecular weight is 241 g/mol. The summed E-state index contributed by atoms with van der Waals surface area (Å²) in [6, 6.07) is 0.206. The van der Waals surface area contributed by atoms with Crippen LogP contribution in [0.5, 0.6) is 0 Å². The van der Waals surface area contributed by atoms with Crippen molar-refractivity contribution in [2.45, 2.75) is 52.5 Å². The molecule has 0 aromatic carbocycles. The lowest BCUT2D eigenvalue weighted by Gasteiger charge is -2.39. The second-order valence-electron chi connectivity index (χ2n) is 5.90. The van der Waals surface area contributed by atoms with Crippen LogP contribution in [0.25, 0.3) is 0 Å². The maximum atomic E-state index is 11.9. The van der Waals surface area contributed by atoms with Gasteiger partial charge < -0.3 is 10.0 Å². The van der Waals surface area contributed by atoms with E-state index >= 15 is 0 Å². The maximum absolute atomic E-state index is 11.9. The van der Waals surface area contributed by atoms with Gasteiger partial charge in [0.25, 0.3) is 0 Å². The van der Waals surface area contributed by atoms with Crippen LogP contribution < -0.4 is 0 Å². The maximum Gasteiger partial charge on any atom is 0.315 e. The Morgan fingerprint density at radius 3 is 2.18 bits per heavy atom. The topological polar surface area (TPSA) is 57.6 Å². The molecule has 1 atom stereocenters. The molecular formula is C13H23NO3. The Hall–Kier alpha value is -1.06. The van der Waals surface area contributed by atoms with E-state index < -0.39 is 11.9 Å². The minimum absolute atomic E-state index is 0.206. The minimum Gasteiger partial charge on any atom is -0.481 e. The van der Waals surface area contributed by atoms with Crippen LogP contribution in [0, 0.1) is 11.3 Å². The minimum atomic E-state index is -1.04. The highest BCUT2D eigenvalue weighted by Crippen LogP contribution is 2.36. The Morgan fingerprint density at radius 2 is 1.76 bits per heavy atom. The van der Waals surface area contributed by atoms with Crippen LogP contribution in [0.2, 0.25) is 0 Å². The van der Waals surface area contributed by atoms with Gasteiger partial charge in [-0.2, -0.15) is 0 Å². The molecule has 4 nitrogen and oxygen atoms in total. The highest BCUT2D eigenvalue weighted by Gasteiger charge is 2.33. The molecule has 0 spiro atoms. The van der Waals surface area contributed by atoms with E-state index in [4.69, 9.17) is 5.11 Å². The van der Waals surface area contributed by atoms with Crippen molar-refractivity contribution in [3.05, 3.63) is 0 Å². The Labute approximate surface area is 103 Å². The zero-order chi connectivity index (χ0) is 13.2. The number of hydrogen-bond donors (Lipinski definition) is 1. The molecule has 1 rings (SSSR count). The third-order valence-corrected chi connectivity index (χ3v) is 3.94. The van der Waals surface area contributed by atoms with Crippen molar-refractivity contribution >= 4 is 11.9 Å². The van der Waals surface area contributed by atoms with E-state index in [0.717, 1.165) is 25.7 Å². The second kappa shape index (κ2) is 5.07. The van der Waals surface area contributed by atoms with Crippen molar-refractivity contribution in [2.75, 3.05) is 7.05 Å². The van der Waals surface area contributed by atoms with E-state index in [2.05, 4.69) is 13.8 Å². The first kappa shape index (κ1) is 14.0. The van der Waals surface area contributed by atoms with Crippen molar-refractivity contribution in [1.82, 2.24) is 4.90 Å². The van der Waals surface area contributed by atoms with E-state index in [1.807, 2.05) is 0 Å². The SMILES string of the molecule is CC(C(=O)O)C(=O)N(C)C1CCC(C)(C)CC1. The summed E-state index contributed by atoms with van der Waals surface area (Å²) in [5.41, 5.74) is 0.360. The number of carboxylic acids is 1. The van der Waals surface area contributed by atoms with E-state index in [1.165, 1.54) is 6.92 Å². The molecular weight excluding hydrogens is 218 g/mol. The first-order valence-corrected chi connectivity index (χ1v) is 6.24. The number of hydrogen-bond acceptors (Lipinski definition) is 2. The lowest BCUT2D eigenvalue weighted by Crippen LogP contribution is -2.44. The van der Waals surface area contributed by atoms with Crippen molar-refractivity contribution in [3.8, 4) is 0 Å². The third kappa shape index (κ3) is 3.45. The van der Waals surface area contributed by atoms with Gasteiger partial charge in [0.15, 0.2) is 0 Å². The Bertz CT molecular complexity index is 302. The summed E-state index contributed by atoms with van der Waals surface area (Å²) in [6.45, 7) is 5.93. The van der Waals surface area contributed by atoms with Gasteiger partial charge in [-0.25, -0.2) is 0 Å². The zero-order valence-corrected chi connectivity index (χ0v) is 11.2. The summed E-state index contributed by atoms with van der Waals surface area (Å²) in [5, 5.41) is 8.84. The van der Waals surface area contributed by atoms with Crippen LogP contribution in [-0.2, 0) is 9.59 Å². The number of rotatable bonds is 3. The summed E-state index contributed by atoms with van der Waals surface area (Å²) in [6.07, 6.45) is 4.14. The Morgan fingerprint density at radius 1 is 1.29 bits per heavy atom. The van der Waals surface area contributed by atoms with Gasteiger partial charge in [-0.05, 0) is 38.0 Å². The van der Waals surface area contributed by atoms with Crippen LogP contribution in [-0.4, -0.2) is 35.0 Å². The van der Waals surface area contributed by atoms with E-state index in [-0.39, 0.29) is 11.9 Å². The van der Waals surface area contributed by atoms with Crippen molar-refractivity contribution in [2.24, 2.45) is 11.3 Å². The number of carboxylic acid groups (broad SMARTS) is 1. The van der Waals surface area contributed by atoms with Gasteiger partial charge in [-0.1, -0.05) is 13.8 Å². The standard InChI is InChI=1S/C13H23NO3/c1-9(12(16)17)11(15)14(4)10-5-7-13(2,3)8-6-10/h9-10H,5-8H2,1-4H3,(H,16,17). The molecule has 0 aromatic rings. The molecule has 17 heavy (non-hydrogen) atoms. The summed E-state index contributed by atoms with van der Waals surface area (Å²) >= 11 is 0. The number of amides is 1. The first-order chi connectivity index (χ1) is 7.74. The van der Waals surface area contributed by atoms with Crippen LogP contribution in [0.3, 0.4) is 0 Å². The molecule has 98 valence electrons. The zero-order valence-electron chi connectivity index (χ0n) is 11.2. The number of carbonyl (C=O) groups excluding carboxylic acids is 1. The number of carbonyl (C=O) groups is 2. The molecule has 0 heterocycles. The van der Waals surface area contributed by atoms with E-state index in [1.54, 1.807) is 11.9 Å². The van der Waals surface area contributed by atoms with Crippen molar-refractivity contribution in [1.29, 1.82) is 0 Å². The first-order valence-electron chi connectivity index (χ1n) is 6.24. The highest BCUT2D eigenvalue weighted by molar-refractivity contribution is 5.96. The van der Waals surface area contributed by atoms with E-state index in [0.29, 0.717) is 5.41 Å². The quantitative estimate of drug-likeness (QED) is 0.770. The van der Waals surface area contributed by atoms with Crippen LogP contribution in [0.15, 0.2) is 0 Å². The van der Waals surface area contributed by atoms with Crippen LogP contribution in [0.4, 0.5) is 0 Å². The smallest absolute Gasteiger partial charge is 0.315 e. The molecule has 1 aliphatic rings. The molecule has 1 N–H and O–H groups in total. The van der Waals surface area contributed by atoms with Crippen molar-refractivity contribution in [3.63, 3.8) is 0 Å². The molecule has 4 heteroatoms. The van der Waals surface area contributed by atoms with Crippen molar-refractivity contribution < 1.29 is 14.7 Å². The molecule has 0 aromatic heterocycles. The van der Waals surface area contributed by atoms with Gasteiger partial charge in [0.1, 0.15) is 5.92 Å². The van der Waals surface area contributed by atoms with E-state index in [9.17, 15) is 9.59 Å². The largest absolute Gasteiger partial charge is 0.481 e. The van der Waals surface area contributed by atoms with Gasteiger partial charge in [0.05, 0.1) is 0 Å². The predicted octanol–water partition coefficient (Wildman–Crippen LogP) is 2.13. The monoisotopic (exact) mass is 241 g/mol. The molecule has 1 fully saturated rings. The number of aliphatic carboxylic acids is 1. The molecule has 0 bridgehead atoms. The summed E-state index contributed by atoms with van der Waals surface area (Å²) < 4.78 is 0. The normalized spacial score (nSPS) is 21.9. The fourth-order valence-electron chi connectivity index (χ4n) is 2.36. The fourth-order valence-corrected chi connectivity index (χ4v) is 2.36. The molecule has 1 amide bonds. The molecule has 0 aliphatic heterocycles. The number of nitrogens with zero attached hydrogens (tertiary/aromatic N) is 1.